The van der Waals surface area contributed by atoms with Crippen molar-refractivity contribution in [1.82, 2.24) is 0 Å². The van der Waals surface area contributed by atoms with Gasteiger partial charge in [0.1, 0.15) is 0 Å². The minimum atomic E-state index is -0.893. The van der Waals surface area contributed by atoms with E-state index < -0.39 is 5.97 Å². The van der Waals surface area contributed by atoms with Gasteiger partial charge in [0.25, 0.3) is 0 Å². The molecule has 0 spiro atoms. The first-order valence-electron chi connectivity index (χ1n) is 4.63. The zero-order chi connectivity index (χ0) is 11.3. The van der Waals surface area contributed by atoms with Crippen molar-refractivity contribution >= 4 is 12.0 Å². The Balaban J connectivity index is 2.80. The Morgan fingerprint density at radius 2 is 2.00 bits per heavy atom. The number of rotatable bonds is 4. The number of carboxylic acids is 1. The minimum Gasteiger partial charge on any atom is -0.478 e. The summed E-state index contributed by atoms with van der Waals surface area (Å²) in [5.74, 6) is -0.893. The highest BCUT2D eigenvalue weighted by atomic mass is 16.5. The molecule has 0 aromatic heterocycles. The third-order valence-corrected chi connectivity index (χ3v) is 2.01. The highest BCUT2D eigenvalue weighted by molar-refractivity contribution is 5.91. The van der Waals surface area contributed by atoms with E-state index in [1.165, 1.54) is 0 Å². The number of methoxy groups -OCH3 is 1. The molecule has 15 heavy (non-hydrogen) atoms. The molecule has 80 valence electrons. The van der Waals surface area contributed by atoms with Crippen LogP contribution in [0, 0.1) is 0 Å². The van der Waals surface area contributed by atoms with Gasteiger partial charge in [0, 0.05) is 12.7 Å². The largest absolute Gasteiger partial charge is 0.478 e. The lowest BCUT2D eigenvalue weighted by atomic mass is 10.1. The minimum absolute atomic E-state index is 0.328. The average Bonchev–Trinajstić information content (AvgIpc) is 2.21. The highest BCUT2D eigenvalue weighted by Gasteiger charge is 1.99. The molecule has 0 bridgehead atoms. The number of benzene rings is 1. The van der Waals surface area contributed by atoms with Gasteiger partial charge in [-0.05, 0) is 24.1 Å². The zero-order valence-electron chi connectivity index (χ0n) is 8.86. The molecule has 0 aliphatic heterocycles. The highest BCUT2D eigenvalue weighted by Crippen LogP contribution is 2.09. The van der Waals surface area contributed by atoms with E-state index in [-0.39, 0.29) is 0 Å². The maximum atomic E-state index is 10.6. The van der Waals surface area contributed by atoms with Crippen molar-refractivity contribution in [3.63, 3.8) is 0 Å². The number of carboxylic acid groups (broad SMARTS) is 1. The number of hydrogen-bond donors (Lipinski definition) is 1. The Hall–Kier alpha value is -1.61. The van der Waals surface area contributed by atoms with Crippen LogP contribution >= 0.6 is 0 Å². The predicted molar refractivity (Wildman–Crippen MR) is 58.4 cm³/mol. The maximum Gasteiger partial charge on any atom is 0.331 e. The van der Waals surface area contributed by atoms with E-state index >= 15 is 0 Å². The van der Waals surface area contributed by atoms with Gasteiger partial charge in [-0.2, -0.15) is 0 Å². The molecule has 1 aromatic carbocycles. The van der Waals surface area contributed by atoms with Crippen LogP contribution in [0.15, 0.2) is 29.8 Å². The number of hydrogen-bond acceptors (Lipinski definition) is 2. The molecular formula is C12H14O3. The molecule has 1 rings (SSSR count). The standard InChI is InChI=1S/C12H14O3/c1-9(12(13)14)7-10-3-5-11(6-4-10)8-15-2/h3-7H,8H2,1-2H3,(H,13,14). The van der Waals surface area contributed by atoms with E-state index in [0.717, 1.165) is 11.1 Å². The van der Waals surface area contributed by atoms with E-state index in [1.54, 1.807) is 20.1 Å². The summed E-state index contributed by atoms with van der Waals surface area (Å²) < 4.78 is 4.98. The molecule has 0 aliphatic rings. The van der Waals surface area contributed by atoms with Gasteiger partial charge in [-0.15, -0.1) is 0 Å². The van der Waals surface area contributed by atoms with Crippen LogP contribution in [-0.4, -0.2) is 18.2 Å². The Morgan fingerprint density at radius 3 is 2.47 bits per heavy atom. The molecule has 0 aliphatic carbocycles. The summed E-state index contributed by atoms with van der Waals surface area (Å²) in [5.41, 5.74) is 2.28. The first kappa shape index (κ1) is 11.5. The van der Waals surface area contributed by atoms with Crippen molar-refractivity contribution < 1.29 is 14.6 Å². The molecule has 0 unspecified atom stereocenters. The molecule has 0 saturated carbocycles. The molecule has 1 aromatic rings. The lowest BCUT2D eigenvalue weighted by Crippen LogP contribution is -1.95. The fraction of sp³-hybridized carbons (Fsp3) is 0.250. The molecule has 0 atom stereocenters. The third-order valence-electron chi connectivity index (χ3n) is 2.01. The molecule has 0 saturated heterocycles. The van der Waals surface area contributed by atoms with Crippen LogP contribution in [0.1, 0.15) is 18.1 Å². The predicted octanol–water partition coefficient (Wildman–Crippen LogP) is 2.32. The van der Waals surface area contributed by atoms with Crippen LogP contribution in [0.4, 0.5) is 0 Å². The fourth-order valence-corrected chi connectivity index (χ4v) is 1.19. The van der Waals surface area contributed by atoms with Gasteiger partial charge in [-0.1, -0.05) is 24.3 Å². The second kappa shape index (κ2) is 5.32. The van der Waals surface area contributed by atoms with Gasteiger partial charge >= 0.3 is 5.97 Å². The lowest BCUT2D eigenvalue weighted by Gasteiger charge is -2.00. The molecule has 0 heterocycles. The van der Waals surface area contributed by atoms with Crippen molar-refractivity contribution in [2.75, 3.05) is 7.11 Å². The second-order valence-corrected chi connectivity index (χ2v) is 3.31. The van der Waals surface area contributed by atoms with Gasteiger partial charge in [0.2, 0.25) is 0 Å². The van der Waals surface area contributed by atoms with Crippen molar-refractivity contribution in [3.05, 3.63) is 41.0 Å². The summed E-state index contributed by atoms with van der Waals surface area (Å²) in [6.45, 7) is 2.15. The fourth-order valence-electron chi connectivity index (χ4n) is 1.19. The zero-order valence-corrected chi connectivity index (χ0v) is 8.86. The van der Waals surface area contributed by atoms with Gasteiger partial charge < -0.3 is 9.84 Å². The van der Waals surface area contributed by atoms with Crippen LogP contribution in [0.5, 0.6) is 0 Å². The summed E-state index contributed by atoms with van der Waals surface area (Å²) in [6.07, 6.45) is 1.64. The lowest BCUT2D eigenvalue weighted by molar-refractivity contribution is -0.132. The number of carbonyl (C=O) groups is 1. The van der Waals surface area contributed by atoms with Gasteiger partial charge in [0.15, 0.2) is 0 Å². The Morgan fingerprint density at radius 1 is 1.40 bits per heavy atom. The first-order valence-corrected chi connectivity index (χ1v) is 4.63. The third kappa shape index (κ3) is 3.56. The molecule has 1 N–H and O–H groups in total. The topological polar surface area (TPSA) is 46.5 Å². The summed E-state index contributed by atoms with van der Waals surface area (Å²) >= 11 is 0. The van der Waals surface area contributed by atoms with E-state index in [2.05, 4.69) is 0 Å². The van der Waals surface area contributed by atoms with Crippen molar-refractivity contribution in [2.45, 2.75) is 13.5 Å². The number of ether oxygens (including phenoxy) is 1. The second-order valence-electron chi connectivity index (χ2n) is 3.31. The van der Waals surface area contributed by atoms with Crippen molar-refractivity contribution in [2.24, 2.45) is 0 Å². The summed E-state index contributed by atoms with van der Waals surface area (Å²) in [7, 11) is 1.64. The molecular weight excluding hydrogens is 192 g/mol. The normalized spacial score (nSPS) is 11.5. The van der Waals surface area contributed by atoms with Crippen molar-refractivity contribution in [3.8, 4) is 0 Å². The molecule has 0 radical (unpaired) electrons. The summed E-state index contributed by atoms with van der Waals surface area (Å²) in [4.78, 5) is 10.6. The molecule has 3 nitrogen and oxygen atoms in total. The van der Waals surface area contributed by atoms with Gasteiger partial charge in [-0.25, -0.2) is 4.79 Å². The number of aliphatic carboxylic acids is 1. The molecule has 0 fully saturated rings. The summed E-state index contributed by atoms with van der Waals surface area (Å²) in [5, 5.41) is 8.69. The van der Waals surface area contributed by atoms with Crippen molar-refractivity contribution in [1.29, 1.82) is 0 Å². The van der Waals surface area contributed by atoms with Crippen LogP contribution in [0.2, 0.25) is 0 Å². The van der Waals surface area contributed by atoms with E-state index in [9.17, 15) is 4.79 Å². The van der Waals surface area contributed by atoms with E-state index in [4.69, 9.17) is 9.84 Å². The van der Waals surface area contributed by atoms with E-state index in [0.29, 0.717) is 12.2 Å². The SMILES string of the molecule is COCc1ccc(C=C(C)C(=O)O)cc1. The van der Waals surface area contributed by atoms with E-state index in [1.807, 2.05) is 24.3 Å². The van der Waals surface area contributed by atoms with Crippen LogP contribution in [0.25, 0.3) is 6.08 Å². The van der Waals surface area contributed by atoms with Crippen LogP contribution in [0.3, 0.4) is 0 Å². The average molecular weight is 206 g/mol. The monoisotopic (exact) mass is 206 g/mol. The summed E-state index contributed by atoms with van der Waals surface area (Å²) in [6, 6.07) is 7.59. The van der Waals surface area contributed by atoms with Gasteiger partial charge in [0.05, 0.1) is 6.61 Å². The van der Waals surface area contributed by atoms with Crippen LogP contribution in [-0.2, 0) is 16.1 Å². The first-order chi connectivity index (χ1) is 7.13. The molecule has 3 heteroatoms. The Labute approximate surface area is 89.0 Å². The van der Waals surface area contributed by atoms with Gasteiger partial charge in [-0.3, -0.25) is 0 Å². The maximum absolute atomic E-state index is 10.6. The Bertz CT molecular complexity index is 363. The van der Waals surface area contributed by atoms with Crippen LogP contribution < -0.4 is 0 Å². The Kier molecular flexibility index (Phi) is 4.06. The smallest absolute Gasteiger partial charge is 0.331 e. The molecule has 0 amide bonds. The quantitative estimate of drug-likeness (QED) is 0.769.